The summed E-state index contributed by atoms with van der Waals surface area (Å²) in [4.78, 5) is 0. The lowest BCUT2D eigenvalue weighted by Crippen LogP contribution is -2.30. The molecule has 0 aromatic carbocycles. The third-order valence-electron chi connectivity index (χ3n) is 1.64. The van der Waals surface area contributed by atoms with Gasteiger partial charge in [-0.15, -0.1) is 11.1 Å². The van der Waals surface area contributed by atoms with Crippen LogP contribution in [0.2, 0.25) is 12.1 Å². The van der Waals surface area contributed by atoms with E-state index >= 15 is 0 Å². The second-order valence-electron chi connectivity index (χ2n) is 2.69. The van der Waals surface area contributed by atoms with Crippen molar-refractivity contribution in [1.82, 2.24) is 0 Å². The molecule has 0 amide bonds. The van der Waals surface area contributed by atoms with Crippen LogP contribution in [0.4, 0.5) is 0 Å². The molecule has 0 aliphatic carbocycles. The van der Waals surface area contributed by atoms with Crippen molar-refractivity contribution in [1.29, 1.82) is 0 Å². The second-order valence-corrected chi connectivity index (χ2v) is 8.02. The molecule has 1 nitrogen and oxygen atoms in total. The fraction of sp³-hybridized carbons (Fsp3) is 0.875. The topological polar surface area (TPSA) is 9.23 Å². The van der Waals surface area contributed by atoms with Crippen LogP contribution in [0.1, 0.15) is 26.7 Å². The summed E-state index contributed by atoms with van der Waals surface area (Å²) in [7, 11) is -1.83. The predicted octanol–water partition coefficient (Wildman–Crippen LogP) is 3.34. The monoisotopic (exact) mass is 193 g/mol. The Labute approximate surface area is 75.9 Å². The molecule has 0 aromatic heterocycles. The molecule has 0 heterocycles. The van der Waals surface area contributed by atoms with E-state index in [9.17, 15) is 0 Å². The zero-order valence-corrected chi connectivity index (χ0v) is 9.28. The van der Waals surface area contributed by atoms with E-state index in [1.165, 1.54) is 0 Å². The first-order valence-corrected chi connectivity index (χ1v) is 7.64. The highest BCUT2D eigenvalue weighted by atomic mass is 35.6. The minimum Gasteiger partial charge on any atom is -0.403 e. The maximum absolute atomic E-state index is 6.28. The van der Waals surface area contributed by atoms with Gasteiger partial charge in [-0.3, -0.25) is 0 Å². The molecule has 0 spiro atoms. The Kier molecular flexibility index (Phi) is 6.29. The van der Waals surface area contributed by atoms with Gasteiger partial charge in [-0.2, -0.15) is 0 Å². The van der Waals surface area contributed by atoms with Gasteiger partial charge in [0.15, 0.2) is 0 Å². The predicted molar refractivity (Wildman–Crippen MR) is 53.1 cm³/mol. The van der Waals surface area contributed by atoms with Crippen molar-refractivity contribution in [3.05, 3.63) is 6.92 Å². The van der Waals surface area contributed by atoms with Crippen molar-refractivity contribution in [3.8, 4) is 0 Å². The molecule has 0 fully saturated rings. The number of hydrogen-bond donors (Lipinski definition) is 0. The minimum absolute atomic E-state index is 0.809. The average Bonchev–Trinajstić information content (AvgIpc) is 2.02. The van der Waals surface area contributed by atoms with Crippen LogP contribution in [-0.2, 0) is 4.43 Å². The Morgan fingerprint density at radius 3 is 2.45 bits per heavy atom. The van der Waals surface area contributed by atoms with Gasteiger partial charge < -0.3 is 4.43 Å². The highest BCUT2D eigenvalue weighted by Gasteiger charge is 2.28. The molecule has 0 rings (SSSR count). The van der Waals surface area contributed by atoms with E-state index in [4.69, 9.17) is 15.5 Å². The van der Waals surface area contributed by atoms with Crippen LogP contribution in [0.5, 0.6) is 0 Å². The third kappa shape index (κ3) is 4.83. The molecular weight excluding hydrogens is 176 g/mol. The summed E-state index contributed by atoms with van der Waals surface area (Å²) in [6.45, 7) is 8.81. The molecule has 0 aliphatic heterocycles. The number of halogens is 1. The van der Waals surface area contributed by atoms with Gasteiger partial charge in [0.1, 0.15) is 0 Å². The van der Waals surface area contributed by atoms with Crippen LogP contribution in [0.25, 0.3) is 0 Å². The molecule has 0 N–H and O–H groups in total. The maximum Gasteiger partial charge on any atom is 0.289 e. The SMILES string of the molecule is [CH2]CC[Si](Cl)(CC)OCCC. The quantitative estimate of drug-likeness (QED) is 0.465. The van der Waals surface area contributed by atoms with Crippen molar-refractivity contribution in [2.75, 3.05) is 6.61 Å². The largest absolute Gasteiger partial charge is 0.403 e. The molecule has 3 heteroatoms. The Morgan fingerprint density at radius 1 is 1.45 bits per heavy atom. The Balaban J connectivity index is 3.68. The summed E-state index contributed by atoms with van der Waals surface area (Å²) in [5.41, 5.74) is 0. The lowest BCUT2D eigenvalue weighted by atomic mass is 10.5. The molecule has 0 saturated heterocycles. The van der Waals surface area contributed by atoms with Gasteiger partial charge in [0.25, 0.3) is 7.63 Å². The molecule has 11 heavy (non-hydrogen) atoms. The fourth-order valence-corrected chi connectivity index (χ4v) is 3.33. The highest BCUT2D eigenvalue weighted by Crippen LogP contribution is 2.23. The molecular formula is C8H18ClOSi. The molecule has 0 aliphatic rings. The van der Waals surface area contributed by atoms with E-state index in [2.05, 4.69) is 20.8 Å². The van der Waals surface area contributed by atoms with Crippen molar-refractivity contribution in [2.24, 2.45) is 0 Å². The van der Waals surface area contributed by atoms with Gasteiger partial charge >= 0.3 is 0 Å². The summed E-state index contributed by atoms with van der Waals surface area (Å²) in [5.74, 6) is 0. The first kappa shape index (κ1) is 11.5. The van der Waals surface area contributed by atoms with E-state index in [0.29, 0.717) is 0 Å². The van der Waals surface area contributed by atoms with Crippen LogP contribution in [0.3, 0.4) is 0 Å². The number of rotatable bonds is 6. The molecule has 0 bridgehead atoms. The summed E-state index contributed by atoms with van der Waals surface area (Å²) in [5, 5.41) is 0. The van der Waals surface area contributed by atoms with Crippen LogP contribution in [0.15, 0.2) is 0 Å². The van der Waals surface area contributed by atoms with Gasteiger partial charge in [-0.1, -0.05) is 27.2 Å². The van der Waals surface area contributed by atoms with Gasteiger partial charge in [0.2, 0.25) is 0 Å². The summed E-state index contributed by atoms with van der Waals surface area (Å²) < 4.78 is 5.63. The van der Waals surface area contributed by atoms with Crippen LogP contribution in [0, 0.1) is 6.92 Å². The minimum atomic E-state index is -1.83. The van der Waals surface area contributed by atoms with Gasteiger partial charge in [-0.25, -0.2) is 0 Å². The summed E-state index contributed by atoms with van der Waals surface area (Å²) in [6.07, 6.45) is 1.95. The zero-order valence-electron chi connectivity index (χ0n) is 7.53. The summed E-state index contributed by atoms with van der Waals surface area (Å²) in [6, 6.07) is 1.97. The van der Waals surface area contributed by atoms with Crippen LogP contribution >= 0.6 is 11.1 Å². The van der Waals surface area contributed by atoms with E-state index in [1.807, 2.05) is 0 Å². The smallest absolute Gasteiger partial charge is 0.289 e. The lowest BCUT2D eigenvalue weighted by molar-refractivity contribution is 0.312. The van der Waals surface area contributed by atoms with E-state index in [1.54, 1.807) is 0 Å². The van der Waals surface area contributed by atoms with E-state index in [-0.39, 0.29) is 0 Å². The molecule has 1 unspecified atom stereocenters. The molecule has 1 radical (unpaired) electrons. The standard InChI is InChI=1S/C8H18ClOSi/c1-4-7-10-11(9,6-3)8-5-2/h2,4-8H2,1,3H3. The Hall–Kier alpha value is 0.467. The first-order chi connectivity index (χ1) is 5.18. The van der Waals surface area contributed by atoms with Crippen molar-refractivity contribution in [2.45, 2.75) is 38.8 Å². The Morgan fingerprint density at radius 2 is 2.09 bits per heavy atom. The van der Waals surface area contributed by atoms with Crippen molar-refractivity contribution < 1.29 is 4.43 Å². The fourth-order valence-electron chi connectivity index (χ4n) is 0.900. The number of hydrogen-bond acceptors (Lipinski definition) is 1. The van der Waals surface area contributed by atoms with Crippen LogP contribution < -0.4 is 0 Å². The summed E-state index contributed by atoms with van der Waals surface area (Å²) >= 11 is 6.28. The van der Waals surface area contributed by atoms with E-state index in [0.717, 1.165) is 31.5 Å². The second kappa shape index (κ2) is 6.04. The molecule has 1 atom stereocenters. The van der Waals surface area contributed by atoms with Crippen molar-refractivity contribution in [3.63, 3.8) is 0 Å². The zero-order chi connectivity index (χ0) is 8.74. The molecule has 0 aromatic rings. The Bertz CT molecular complexity index is 100. The van der Waals surface area contributed by atoms with Gasteiger partial charge in [0.05, 0.1) is 0 Å². The lowest BCUT2D eigenvalue weighted by Gasteiger charge is -2.21. The van der Waals surface area contributed by atoms with Crippen molar-refractivity contribution >= 4 is 18.7 Å². The molecule has 0 saturated carbocycles. The van der Waals surface area contributed by atoms with Gasteiger partial charge in [0, 0.05) is 6.61 Å². The maximum atomic E-state index is 6.28. The van der Waals surface area contributed by atoms with Crippen LogP contribution in [-0.4, -0.2) is 14.2 Å². The van der Waals surface area contributed by atoms with E-state index < -0.39 is 7.63 Å². The third-order valence-corrected chi connectivity index (χ3v) is 6.22. The van der Waals surface area contributed by atoms with Gasteiger partial charge in [-0.05, 0) is 18.5 Å². The normalized spacial score (nSPS) is 16.4. The molecule has 67 valence electrons. The highest BCUT2D eigenvalue weighted by molar-refractivity contribution is 7.16. The average molecular weight is 194 g/mol. The first-order valence-electron chi connectivity index (χ1n) is 4.30.